The molecule has 6 nitrogen and oxygen atoms in total. The van der Waals surface area contributed by atoms with Gasteiger partial charge in [-0.05, 0) is 25.2 Å². The number of urea groups is 1. The van der Waals surface area contributed by atoms with Gasteiger partial charge in [-0.25, -0.2) is 9.78 Å². The zero-order chi connectivity index (χ0) is 14.4. The number of carbonyl (C=O) groups excluding carboxylic acids is 2. The van der Waals surface area contributed by atoms with Crippen molar-refractivity contribution in [3.63, 3.8) is 0 Å². The van der Waals surface area contributed by atoms with E-state index in [1.807, 2.05) is 15.7 Å². The van der Waals surface area contributed by atoms with E-state index in [9.17, 15) is 9.59 Å². The van der Waals surface area contributed by atoms with Gasteiger partial charge in [0, 0.05) is 31.5 Å². The molecular formula is C15H20N4O2. The first-order valence-electron chi connectivity index (χ1n) is 7.85. The summed E-state index contributed by atoms with van der Waals surface area (Å²) in [6, 6.07) is 0.0475. The lowest BCUT2D eigenvalue weighted by Gasteiger charge is -2.31. The van der Waals surface area contributed by atoms with Crippen LogP contribution in [-0.4, -0.2) is 49.9 Å². The number of imidazole rings is 1. The van der Waals surface area contributed by atoms with Gasteiger partial charge in [0.15, 0.2) is 0 Å². The van der Waals surface area contributed by atoms with Gasteiger partial charge in [0.25, 0.3) is 5.91 Å². The maximum absolute atomic E-state index is 12.6. The molecule has 1 aromatic heterocycles. The number of nitrogens with zero attached hydrogens (tertiary/aromatic N) is 4. The van der Waals surface area contributed by atoms with Crippen LogP contribution in [0.3, 0.4) is 0 Å². The molecule has 3 heterocycles. The van der Waals surface area contributed by atoms with Crippen molar-refractivity contribution in [2.75, 3.05) is 6.54 Å². The number of aromatic nitrogens is 2. The quantitative estimate of drug-likeness (QED) is 0.792. The van der Waals surface area contributed by atoms with E-state index < -0.39 is 0 Å². The Labute approximate surface area is 123 Å². The average Bonchev–Trinajstić information content (AvgIpc) is 3.17. The second-order valence-electron chi connectivity index (χ2n) is 6.34. The summed E-state index contributed by atoms with van der Waals surface area (Å²) in [5.41, 5.74) is 0. The van der Waals surface area contributed by atoms with Crippen molar-refractivity contribution in [1.82, 2.24) is 19.4 Å². The van der Waals surface area contributed by atoms with Crippen LogP contribution in [0, 0.1) is 5.92 Å². The molecule has 6 heteroatoms. The van der Waals surface area contributed by atoms with Crippen LogP contribution in [0.1, 0.15) is 32.1 Å². The lowest BCUT2D eigenvalue weighted by molar-refractivity contribution is -0.128. The van der Waals surface area contributed by atoms with Gasteiger partial charge in [-0.3, -0.25) is 9.69 Å². The predicted molar refractivity (Wildman–Crippen MR) is 75.3 cm³/mol. The Bertz CT molecular complexity index is 556. The topological polar surface area (TPSA) is 58.4 Å². The lowest BCUT2D eigenvalue weighted by Crippen LogP contribution is -2.42. The summed E-state index contributed by atoms with van der Waals surface area (Å²) in [6.07, 6.45) is 10.8. The van der Waals surface area contributed by atoms with E-state index in [0.717, 1.165) is 12.8 Å². The van der Waals surface area contributed by atoms with E-state index in [1.54, 1.807) is 12.5 Å². The fraction of sp³-hybridized carbons (Fsp3) is 0.667. The highest BCUT2D eigenvalue weighted by atomic mass is 16.2. The minimum Gasteiger partial charge on any atom is -0.336 e. The molecule has 1 aliphatic carbocycles. The third-order valence-corrected chi connectivity index (χ3v) is 5.23. The van der Waals surface area contributed by atoms with Crippen molar-refractivity contribution in [1.29, 1.82) is 0 Å². The van der Waals surface area contributed by atoms with Crippen LogP contribution in [0.2, 0.25) is 0 Å². The van der Waals surface area contributed by atoms with E-state index in [0.29, 0.717) is 25.0 Å². The van der Waals surface area contributed by atoms with E-state index in [4.69, 9.17) is 0 Å². The van der Waals surface area contributed by atoms with E-state index in [1.165, 1.54) is 24.2 Å². The van der Waals surface area contributed by atoms with Crippen molar-refractivity contribution in [3.8, 4) is 0 Å². The summed E-state index contributed by atoms with van der Waals surface area (Å²) in [5, 5.41) is 0. The van der Waals surface area contributed by atoms with Crippen LogP contribution >= 0.6 is 0 Å². The molecule has 0 spiro atoms. The number of fused-ring (bicyclic) bond motifs is 3. The Hall–Kier alpha value is -1.85. The number of carbonyl (C=O) groups is 2. The van der Waals surface area contributed by atoms with E-state index in [-0.39, 0.29) is 18.0 Å². The highest BCUT2D eigenvalue weighted by Gasteiger charge is 2.55. The molecular weight excluding hydrogens is 268 g/mol. The first-order valence-corrected chi connectivity index (χ1v) is 7.85. The Morgan fingerprint density at radius 2 is 2.05 bits per heavy atom. The summed E-state index contributed by atoms with van der Waals surface area (Å²) in [7, 11) is 0. The molecule has 112 valence electrons. The molecule has 0 N–H and O–H groups in total. The first kappa shape index (κ1) is 12.9. The molecule has 4 rings (SSSR count). The van der Waals surface area contributed by atoms with Crippen molar-refractivity contribution < 1.29 is 9.59 Å². The minimum absolute atomic E-state index is 0.00881. The highest BCUT2D eigenvalue weighted by molar-refractivity contribution is 6.04. The van der Waals surface area contributed by atoms with Crippen LogP contribution < -0.4 is 0 Å². The van der Waals surface area contributed by atoms with Crippen LogP contribution in [0.25, 0.3) is 0 Å². The third kappa shape index (κ3) is 1.96. The van der Waals surface area contributed by atoms with Gasteiger partial charge in [0.1, 0.15) is 6.04 Å². The SMILES string of the molecule is O=C1C2CC3CCCCC3N2C(=O)N1CCn1ccnc1. The van der Waals surface area contributed by atoms with Gasteiger partial charge in [0.05, 0.1) is 6.33 Å². The molecule has 21 heavy (non-hydrogen) atoms. The van der Waals surface area contributed by atoms with Gasteiger partial charge in [-0.15, -0.1) is 0 Å². The molecule has 3 aliphatic rings. The molecule has 2 saturated heterocycles. The molecule has 0 aromatic carbocycles. The maximum atomic E-state index is 12.6. The van der Waals surface area contributed by atoms with Crippen LogP contribution in [0.15, 0.2) is 18.7 Å². The Morgan fingerprint density at radius 1 is 1.19 bits per heavy atom. The van der Waals surface area contributed by atoms with Crippen LogP contribution in [0.4, 0.5) is 4.79 Å². The minimum atomic E-state index is -0.187. The van der Waals surface area contributed by atoms with Crippen LogP contribution in [0.5, 0.6) is 0 Å². The predicted octanol–water partition coefficient (Wildman–Crippen LogP) is 1.48. The van der Waals surface area contributed by atoms with E-state index in [2.05, 4.69) is 4.98 Å². The number of rotatable bonds is 3. The second kappa shape index (κ2) is 4.86. The standard InChI is InChI=1S/C15H20N4O2/c20-14-13-9-11-3-1-2-4-12(11)19(13)15(21)18(14)8-7-17-6-5-16-10-17/h5-6,10-13H,1-4,7-9H2. The molecule has 0 radical (unpaired) electrons. The molecule has 1 saturated carbocycles. The molecule has 3 amide bonds. The van der Waals surface area contributed by atoms with Crippen molar-refractivity contribution in [2.45, 2.75) is 50.7 Å². The summed E-state index contributed by atoms with van der Waals surface area (Å²) < 4.78 is 1.90. The van der Waals surface area contributed by atoms with Crippen LogP contribution in [-0.2, 0) is 11.3 Å². The molecule has 1 aromatic rings. The smallest absolute Gasteiger partial charge is 0.327 e. The summed E-state index contributed by atoms with van der Waals surface area (Å²) in [6.45, 7) is 1.06. The number of hydrogen-bond acceptors (Lipinski definition) is 3. The highest BCUT2D eigenvalue weighted by Crippen LogP contribution is 2.43. The number of hydrogen-bond donors (Lipinski definition) is 0. The van der Waals surface area contributed by atoms with Crippen molar-refractivity contribution >= 4 is 11.9 Å². The summed E-state index contributed by atoms with van der Waals surface area (Å²) in [5.74, 6) is 0.557. The fourth-order valence-corrected chi connectivity index (χ4v) is 4.21. The molecule has 3 atom stereocenters. The Balaban J connectivity index is 1.49. The Kier molecular flexibility index (Phi) is 2.97. The number of amides is 3. The maximum Gasteiger partial charge on any atom is 0.327 e. The van der Waals surface area contributed by atoms with Crippen molar-refractivity contribution in [2.24, 2.45) is 5.92 Å². The third-order valence-electron chi connectivity index (χ3n) is 5.23. The molecule has 0 bridgehead atoms. The zero-order valence-corrected chi connectivity index (χ0v) is 12.0. The molecule has 3 unspecified atom stereocenters. The van der Waals surface area contributed by atoms with Gasteiger partial charge in [-0.1, -0.05) is 12.8 Å². The van der Waals surface area contributed by atoms with Gasteiger partial charge in [0.2, 0.25) is 0 Å². The molecule has 3 fully saturated rings. The molecule has 2 aliphatic heterocycles. The first-order chi connectivity index (χ1) is 10.3. The van der Waals surface area contributed by atoms with Gasteiger partial charge in [-0.2, -0.15) is 0 Å². The average molecular weight is 288 g/mol. The summed E-state index contributed by atoms with van der Waals surface area (Å²) >= 11 is 0. The normalized spacial score (nSPS) is 31.7. The second-order valence-corrected chi connectivity index (χ2v) is 6.34. The zero-order valence-electron chi connectivity index (χ0n) is 12.0. The monoisotopic (exact) mass is 288 g/mol. The Morgan fingerprint density at radius 3 is 2.86 bits per heavy atom. The largest absolute Gasteiger partial charge is 0.336 e. The fourth-order valence-electron chi connectivity index (χ4n) is 4.21. The van der Waals surface area contributed by atoms with E-state index >= 15 is 0 Å². The van der Waals surface area contributed by atoms with Gasteiger partial charge >= 0.3 is 6.03 Å². The number of imide groups is 1. The summed E-state index contributed by atoms with van der Waals surface area (Å²) in [4.78, 5) is 32.5. The lowest BCUT2D eigenvalue weighted by atomic mass is 9.84. The van der Waals surface area contributed by atoms with Gasteiger partial charge < -0.3 is 9.47 Å². The van der Waals surface area contributed by atoms with Crippen molar-refractivity contribution in [3.05, 3.63) is 18.7 Å².